The van der Waals surface area contributed by atoms with E-state index in [2.05, 4.69) is 0 Å². The van der Waals surface area contributed by atoms with Crippen molar-refractivity contribution in [3.8, 4) is 22.5 Å². The molecule has 6 nitrogen and oxygen atoms in total. The Bertz CT molecular complexity index is 1680. The van der Waals surface area contributed by atoms with Crippen molar-refractivity contribution in [1.82, 2.24) is 14.5 Å². The maximum atomic E-state index is 13.5. The summed E-state index contributed by atoms with van der Waals surface area (Å²) in [5.74, 6) is -1.00. The highest BCUT2D eigenvalue weighted by molar-refractivity contribution is 6.06. The SMILES string of the molecule is CCOC(=O)c1cn(CC(F)(F)F)c2ccc3nc(-c4ccccc4)c(-c4ccccc4)nc3c2c1=O. The number of fused-ring (bicyclic) bond motifs is 3. The number of aromatic nitrogens is 3. The van der Waals surface area contributed by atoms with Crippen molar-refractivity contribution >= 4 is 27.9 Å². The van der Waals surface area contributed by atoms with Gasteiger partial charge in [0.2, 0.25) is 5.43 Å². The zero-order valence-corrected chi connectivity index (χ0v) is 19.6. The van der Waals surface area contributed by atoms with E-state index in [1.54, 1.807) is 6.92 Å². The molecule has 5 rings (SSSR count). The van der Waals surface area contributed by atoms with Crippen LogP contribution in [0.1, 0.15) is 17.3 Å². The molecule has 0 spiro atoms. The fraction of sp³-hybridized carbons (Fsp3) is 0.143. The van der Waals surface area contributed by atoms with Crippen molar-refractivity contribution in [2.24, 2.45) is 0 Å². The molecule has 0 saturated heterocycles. The van der Waals surface area contributed by atoms with Gasteiger partial charge < -0.3 is 9.30 Å². The Hall–Kier alpha value is -4.53. The molecule has 2 aromatic heterocycles. The summed E-state index contributed by atoms with van der Waals surface area (Å²) < 4.78 is 46.1. The Morgan fingerprint density at radius 3 is 2.05 bits per heavy atom. The lowest BCUT2D eigenvalue weighted by Crippen LogP contribution is -2.25. The van der Waals surface area contributed by atoms with E-state index in [1.807, 2.05) is 60.7 Å². The third-order valence-electron chi connectivity index (χ3n) is 5.82. The molecule has 2 heterocycles. The van der Waals surface area contributed by atoms with Crippen LogP contribution in [0.3, 0.4) is 0 Å². The second-order valence-electron chi connectivity index (χ2n) is 8.32. The Morgan fingerprint density at radius 2 is 1.49 bits per heavy atom. The van der Waals surface area contributed by atoms with Gasteiger partial charge >= 0.3 is 12.1 Å². The zero-order chi connectivity index (χ0) is 26.2. The Balaban J connectivity index is 1.90. The van der Waals surface area contributed by atoms with Crippen LogP contribution in [0.25, 0.3) is 44.5 Å². The molecule has 0 fully saturated rings. The largest absolute Gasteiger partial charge is 0.462 e. The van der Waals surface area contributed by atoms with Crippen molar-refractivity contribution in [3.63, 3.8) is 0 Å². The maximum Gasteiger partial charge on any atom is 0.406 e. The summed E-state index contributed by atoms with van der Waals surface area (Å²) in [4.78, 5) is 35.6. The molecule has 0 aliphatic carbocycles. The van der Waals surface area contributed by atoms with Crippen LogP contribution in [0.5, 0.6) is 0 Å². The molecule has 9 heteroatoms. The Morgan fingerprint density at radius 1 is 0.892 bits per heavy atom. The van der Waals surface area contributed by atoms with Crippen LogP contribution in [0, 0.1) is 0 Å². The molecule has 5 aromatic rings. The maximum absolute atomic E-state index is 13.5. The number of hydrogen-bond donors (Lipinski definition) is 0. The standard InChI is InChI=1S/C28H20F3N3O3/c1-2-37-27(36)19-15-34(16-28(29,30)31)21-14-13-20-25(22(21)26(19)35)33-24(18-11-7-4-8-12-18)23(32-20)17-9-5-3-6-10-17/h3-15H,2,16H2,1H3. The van der Waals surface area contributed by atoms with Crippen LogP contribution in [-0.4, -0.2) is 33.3 Å². The predicted octanol–water partition coefficient (Wildman–Crippen LogP) is 6.02. The predicted molar refractivity (Wildman–Crippen MR) is 134 cm³/mol. The summed E-state index contributed by atoms with van der Waals surface area (Å²) in [5.41, 5.74) is 1.63. The Kier molecular flexibility index (Phi) is 6.20. The third kappa shape index (κ3) is 4.67. The topological polar surface area (TPSA) is 74.1 Å². The molecule has 0 saturated carbocycles. The highest BCUT2D eigenvalue weighted by atomic mass is 19.4. The number of esters is 1. The van der Waals surface area contributed by atoms with Gasteiger partial charge in [0.25, 0.3) is 0 Å². The molecule has 0 aliphatic heterocycles. The van der Waals surface area contributed by atoms with Crippen LogP contribution in [0.15, 0.2) is 83.8 Å². The lowest BCUT2D eigenvalue weighted by atomic mass is 10.0. The number of carbonyl (C=O) groups is 1. The summed E-state index contributed by atoms with van der Waals surface area (Å²) in [6, 6.07) is 21.4. The number of hydrogen-bond acceptors (Lipinski definition) is 5. The van der Waals surface area contributed by atoms with E-state index < -0.39 is 29.7 Å². The smallest absolute Gasteiger partial charge is 0.406 e. The third-order valence-corrected chi connectivity index (χ3v) is 5.82. The van der Waals surface area contributed by atoms with Crippen LogP contribution in [0.4, 0.5) is 13.2 Å². The van der Waals surface area contributed by atoms with Crippen molar-refractivity contribution in [1.29, 1.82) is 0 Å². The second-order valence-corrected chi connectivity index (χ2v) is 8.32. The molecule has 0 atom stereocenters. The van der Waals surface area contributed by atoms with Crippen LogP contribution >= 0.6 is 0 Å². The van der Waals surface area contributed by atoms with E-state index in [1.165, 1.54) is 12.1 Å². The summed E-state index contributed by atoms with van der Waals surface area (Å²) >= 11 is 0. The number of ether oxygens (including phenoxy) is 1. The van der Waals surface area contributed by atoms with E-state index in [4.69, 9.17) is 14.7 Å². The molecule has 37 heavy (non-hydrogen) atoms. The molecule has 0 amide bonds. The molecule has 186 valence electrons. The van der Waals surface area contributed by atoms with Gasteiger partial charge in [0.05, 0.1) is 34.4 Å². The van der Waals surface area contributed by atoms with E-state index >= 15 is 0 Å². The molecule has 0 N–H and O–H groups in total. The average Bonchev–Trinajstić information content (AvgIpc) is 2.89. The van der Waals surface area contributed by atoms with Crippen molar-refractivity contribution in [2.45, 2.75) is 19.6 Å². The number of alkyl halides is 3. The number of rotatable bonds is 5. The van der Waals surface area contributed by atoms with Gasteiger partial charge in [0, 0.05) is 17.3 Å². The molecular weight excluding hydrogens is 483 g/mol. The van der Waals surface area contributed by atoms with Crippen molar-refractivity contribution in [3.05, 3.63) is 94.8 Å². The van der Waals surface area contributed by atoms with Gasteiger partial charge in [-0.3, -0.25) is 4.79 Å². The van der Waals surface area contributed by atoms with E-state index in [9.17, 15) is 22.8 Å². The summed E-state index contributed by atoms with van der Waals surface area (Å²) in [6.45, 7) is 0.109. The lowest BCUT2D eigenvalue weighted by Gasteiger charge is -2.17. The van der Waals surface area contributed by atoms with Crippen molar-refractivity contribution < 1.29 is 22.7 Å². The monoisotopic (exact) mass is 503 g/mol. The van der Waals surface area contributed by atoms with Crippen LogP contribution < -0.4 is 5.43 Å². The minimum absolute atomic E-state index is 0.0105. The number of benzene rings is 3. The quantitative estimate of drug-likeness (QED) is 0.217. The number of carbonyl (C=O) groups excluding carboxylic acids is 1. The molecule has 0 radical (unpaired) electrons. The first-order chi connectivity index (χ1) is 17.8. The summed E-state index contributed by atoms with van der Waals surface area (Å²) in [7, 11) is 0. The molecular formula is C28H20F3N3O3. The van der Waals surface area contributed by atoms with Gasteiger partial charge in [-0.1, -0.05) is 60.7 Å². The highest BCUT2D eigenvalue weighted by Crippen LogP contribution is 2.33. The zero-order valence-electron chi connectivity index (χ0n) is 19.6. The lowest BCUT2D eigenvalue weighted by molar-refractivity contribution is -0.140. The molecule has 0 unspecified atom stereocenters. The fourth-order valence-electron chi connectivity index (χ4n) is 4.27. The van der Waals surface area contributed by atoms with Gasteiger partial charge in [-0.2, -0.15) is 13.2 Å². The van der Waals surface area contributed by atoms with E-state index in [-0.39, 0.29) is 23.0 Å². The van der Waals surface area contributed by atoms with Crippen LogP contribution in [0.2, 0.25) is 0 Å². The van der Waals surface area contributed by atoms with Gasteiger partial charge in [-0.25, -0.2) is 14.8 Å². The summed E-state index contributed by atoms with van der Waals surface area (Å²) in [6.07, 6.45) is -3.70. The Labute approximate surface area is 209 Å². The highest BCUT2D eigenvalue weighted by Gasteiger charge is 2.30. The second kappa shape index (κ2) is 9.50. The fourth-order valence-corrected chi connectivity index (χ4v) is 4.27. The number of pyridine rings is 1. The minimum Gasteiger partial charge on any atom is -0.462 e. The van der Waals surface area contributed by atoms with Gasteiger partial charge in [-0.05, 0) is 19.1 Å². The first-order valence-corrected chi connectivity index (χ1v) is 11.5. The molecule has 0 aliphatic rings. The van der Waals surface area contributed by atoms with Crippen molar-refractivity contribution in [2.75, 3.05) is 6.61 Å². The molecule has 3 aromatic carbocycles. The summed E-state index contributed by atoms with van der Waals surface area (Å²) in [5, 5.41) is -0.128. The van der Waals surface area contributed by atoms with Crippen LogP contribution in [-0.2, 0) is 11.3 Å². The number of nitrogens with zero attached hydrogens (tertiary/aromatic N) is 3. The van der Waals surface area contributed by atoms with E-state index in [0.717, 1.165) is 16.3 Å². The first-order valence-electron chi connectivity index (χ1n) is 11.5. The number of halogens is 3. The average molecular weight is 503 g/mol. The van der Waals surface area contributed by atoms with E-state index in [0.29, 0.717) is 22.5 Å². The normalized spacial score (nSPS) is 11.7. The van der Waals surface area contributed by atoms with Gasteiger partial charge in [0.1, 0.15) is 17.6 Å². The van der Waals surface area contributed by atoms with Gasteiger partial charge in [-0.15, -0.1) is 0 Å². The minimum atomic E-state index is -4.60. The first kappa shape index (κ1) is 24.2. The molecule has 0 bridgehead atoms. The van der Waals surface area contributed by atoms with Gasteiger partial charge in [0.15, 0.2) is 0 Å².